The Labute approximate surface area is 494 Å². The number of piperidine rings is 3. The maximum Gasteiger partial charge on any atom is 0.243 e. The number of hydrogen-bond donors (Lipinski definition) is 4. The van der Waals surface area contributed by atoms with Crippen molar-refractivity contribution in [3.63, 3.8) is 0 Å². The Balaban J connectivity index is 0.551. The first-order valence-electron chi connectivity index (χ1n) is 31.1. The zero-order chi connectivity index (χ0) is 57.7. The van der Waals surface area contributed by atoms with Gasteiger partial charge in [0.2, 0.25) is 11.8 Å². The number of thiazole rings is 1. The summed E-state index contributed by atoms with van der Waals surface area (Å²) >= 11 is 1.61. The zero-order valence-electron chi connectivity index (χ0n) is 49.6. The largest absolute Gasteiger partial charge is 0.507 e. The zero-order valence-corrected chi connectivity index (χ0v) is 50.4. The van der Waals surface area contributed by atoms with Gasteiger partial charge in [-0.15, -0.1) is 21.5 Å². The minimum atomic E-state index is -0.794. The highest BCUT2D eigenvalue weighted by Crippen LogP contribution is 2.46. The van der Waals surface area contributed by atoms with Crippen LogP contribution < -0.4 is 20.9 Å². The molecule has 1 saturated carbocycles. The van der Waals surface area contributed by atoms with Crippen molar-refractivity contribution < 1.29 is 29.1 Å². The number of ether oxygens (including phenoxy) is 1. The molecule has 5 aromatic rings. The van der Waals surface area contributed by atoms with Crippen molar-refractivity contribution in [1.29, 1.82) is 0 Å². The first-order valence-corrected chi connectivity index (χ1v) is 32.0. The fourth-order valence-corrected chi connectivity index (χ4v) is 16.3. The first-order chi connectivity index (χ1) is 40.0. The summed E-state index contributed by atoms with van der Waals surface area (Å²) in [4.78, 5) is 48.3. The van der Waals surface area contributed by atoms with Crippen LogP contribution in [0.15, 0.2) is 70.7 Å². The van der Waals surface area contributed by atoms with Crippen LogP contribution in [0.5, 0.6) is 5.75 Å². The Morgan fingerprint density at radius 1 is 0.831 bits per heavy atom. The summed E-state index contributed by atoms with van der Waals surface area (Å²) in [5.74, 6) is 1.91. The molecule has 5 N–H and O–H groups in total. The second-order valence-corrected chi connectivity index (χ2v) is 27.2. The monoisotopic (exact) mass is 1150 g/mol. The molecule has 6 aliphatic heterocycles. The van der Waals surface area contributed by atoms with Gasteiger partial charge in [-0.3, -0.25) is 14.5 Å². The number of aromatic hydroxyl groups is 1. The normalized spacial score (nSPS) is 26.2. The average Bonchev–Trinajstić information content (AvgIpc) is 4.14. The number of piperazine rings is 1. The fourth-order valence-electron chi connectivity index (χ4n) is 15.5. The number of hydrogen-bond acceptors (Lipinski definition) is 17. The van der Waals surface area contributed by atoms with Crippen LogP contribution in [-0.4, -0.2) is 175 Å². The molecule has 7 fully saturated rings. The van der Waals surface area contributed by atoms with Crippen LogP contribution in [0.3, 0.4) is 0 Å². The van der Waals surface area contributed by atoms with E-state index >= 15 is 0 Å². The van der Waals surface area contributed by atoms with Crippen molar-refractivity contribution >= 4 is 40.5 Å². The quantitative estimate of drug-likeness (QED) is 0.0689. The smallest absolute Gasteiger partial charge is 0.243 e. The van der Waals surface area contributed by atoms with E-state index < -0.39 is 18.1 Å². The predicted molar refractivity (Wildman–Crippen MR) is 324 cm³/mol. The van der Waals surface area contributed by atoms with Gasteiger partial charge in [-0.2, -0.15) is 0 Å². The maximum atomic E-state index is 14.4. The maximum absolute atomic E-state index is 14.4. The van der Waals surface area contributed by atoms with Crippen LogP contribution in [0.4, 0.5) is 17.3 Å². The predicted octanol–water partition coefficient (Wildman–Crippen LogP) is 8.50. The lowest BCUT2D eigenvalue weighted by molar-refractivity contribution is -0.141. The standard InChI is InChI=1S/C64H88N12O6S/c1-39(2)59(63(80)75-37-49(77)31-55(75)62(79)67-40(3)43-11-13-44(14-12-43)60-41(4)66-38-83-60)57-33-58(70-82-57)73-25-17-42(18-26-73)34-71-23-21-50(22-24-71)81-51-29-48(30-51)72-27-19-45(20-28-72)64(5,6)76-46-15-16-47(76)36-74(35-46)54-32-53(68-69-61(54)65)52-9-7-8-10-56(52)78/h7-14,32-33,38-40,42,45-51,55,59,77-78H,15-31,34-37H2,1-6H3,(H2,65,69)(H,67,79)/t40-,46+,47?,48?,49+,51?,55-,59+/m0/s1. The summed E-state index contributed by atoms with van der Waals surface area (Å²) in [5, 5.41) is 37.7. The molecule has 7 aliphatic rings. The van der Waals surface area contributed by atoms with Crippen LogP contribution >= 0.6 is 11.3 Å². The number of β-amino-alcohol motifs (C(OH)–C–C–N with tert-alkyl or cyclic N) is 1. The summed E-state index contributed by atoms with van der Waals surface area (Å²) < 4.78 is 12.8. The van der Waals surface area contributed by atoms with Crippen molar-refractivity contribution in [3.05, 3.63) is 83.2 Å². The molecule has 19 heteroatoms. The second kappa shape index (κ2) is 24.3. The number of aliphatic hydroxyl groups excluding tert-OH is 1. The molecule has 6 saturated heterocycles. The number of nitrogens with one attached hydrogen (secondary N) is 1. The van der Waals surface area contributed by atoms with Crippen molar-refractivity contribution in [2.45, 2.75) is 172 Å². The number of carbonyl (C=O) groups is 2. The molecular weight excluding hydrogens is 1060 g/mol. The van der Waals surface area contributed by atoms with Crippen LogP contribution in [0.2, 0.25) is 0 Å². The van der Waals surface area contributed by atoms with Gasteiger partial charge < -0.3 is 55.0 Å². The minimum absolute atomic E-state index is 0.0940. The minimum Gasteiger partial charge on any atom is -0.507 e. The number of rotatable bonds is 17. The van der Waals surface area contributed by atoms with Gasteiger partial charge in [0.15, 0.2) is 17.4 Å². The number of aryl methyl sites for hydroxylation is 1. The molecule has 0 spiro atoms. The van der Waals surface area contributed by atoms with E-state index in [0.717, 1.165) is 118 Å². The Bertz CT molecular complexity index is 3020. The van der Waals surface area contributed by atoms with Crippen molar-refractivity contribution in [2.24, 2.45) is 17.8 Å². The Hall–Kier alpha value is -5.70. The molecule has 3 aromatic heterocycles. The number of phenolic OH excluding ortho intramolecular Hbond substituents is 1. The summed E-state index contributed by atoms with van der Waals surface area (Å²) in [6.07, 6.45) is 11.7. The number of para-hydroxylation sites is 1. The van der Waals surface area contributed by atoms with Gasteiger partial charge in [0.25, 0.3) is 0 Å². The Morgan fingerprint density at radius 3 is 2.22 bits per heavy atom. The highest BCUT2D eigenvalue weighted by Gasteiger charge is 2.51. The number of likely N-dealkylation sites (tertiary alicyclic amines) is 3. The third-order valence-corrected chi connectivity index (χ3v) is 21.3. The summed E-state index contributed by atoms with van der Waals surface area (Å²) in [6.45, 7) is 22.3. The van der Waals surface area contributed by atoms with Gasteiger partial charge in [0.05, 0.1) is 51.8 Å². The molecule has 9 heterocycles. The van der Waals surface area contributed by atoms with E-state index in [1.165, 1.54) is 38.8 Å². The number of aliphatic hydroxyl groups is 1. The number of carbonyl (C=O) groups excluding carboxylic acids is 2. The molecule has 1 aliphatic carbocycles. The van der Waals surface area contributed by atoms with Crippen molar-refractivity contribution in [1.82, 2.24) is 45.3 Å². The van der Waals surface area contributed by atoms with E-state index in [4.69, 9.17) is 15.0 Å². The lowest BCUT2D eigenvalue weighted by Crippen LogP contribution is -2.64. The van der Waals surface area contributed by atoms with Gasteiger partial charge in [0, 0.05) is 94.1 Å². The number of nitrogens with zero attached hydrogens (tertiary/aromatic N) is 10. The molecule has 0 radical (unpaired) electrons. The summed E-state index contributed by atoms with van der Waals surface area (Å²) in [5.41, 5.74) is 13.7. The molecule has 2 bridgehead atoms. The van der Waals surface area contributed by atoms with E-state index in [9.17, 15) is 19.8 Å². The summed E-state index contributed by atoms with van der Waals surface area (Å²) in [7, 11) is 0. The molecule has 83 heavy (non-hydrogen) atoms. The van der Waals surface area contributed by atoms with Gasteiger partial charge in [0.1, 0.15) is 17.7 Å². The van der Waals surface area contributed by atoms with E-state index in [1.54, 1.807) is 22.3 Å². The number of fused-ring (bicyclic) bond motifs is 2. The molecule has 18 nitrogen and oxygen atoms in total. The van der Waals surface area contributed by atoms with E-state index in [0.29, 0.717) is 65.0 Å². The number of benzene rings is 2. The highest BCUT2D eigenvalue weighted by molar-refractivity contribution is 7.13. The number of amides is 2. The van der Waals surface area contributed by atoms with E-state index in [1.807, 2.05) is 75.7 Å². The lowest BCUT2D eigenvalue weighted by Gasteiger charge is -2.55. The number of nitrogen functional groups attached to an aromatic ring is 1. The fraction of sp³-hybridized carbons (Fsp3) is 0.625. The Morgan fingerprint density at radius 2 is 1.54 bits per heavy atom. The van der Waals surface area contributed by atoms with Crippen molar-refractivity contribution in [3.8, 4) is 27.4 Å². The molecule has 6 atom stereocenters. The molecule has 1 unspecified atom stereocenters. The van der Waals surface area contributed by atoms with E-state index in [2.05, 4.69) is 76.1 Å². The summed E-state index contributed by atoms with van der Waals surface area (Å²) in [6, 6.07) is 19.8. The van der Waals surface area contributed by atoms with Gasteiger partial charge >= 0.3 is 0 Å². The molecule has 12 rings (SSSR count). The third kappa shape index (κ3) is 12.1. The van der Waals surface area contributed by atoms with E-state index in [-0.39, 0.29) is 48.0 Å². The van der Waals surface area contributed by atoms with Crippen LogP contribution in [0.1, 0.15) is 134 Å². The second-order valence-electron chi connectivity index (χ2n) is 26.3. The lowest BCUT2D eigenvalue weighted by atomic mass is 9.76. The number of aromatic nitrogens is 4. The first kappa shape index (κ1) is 57.7. The van der Waals surface area contributed by atoms with Crippen molar-refractivity contribution in [2.75, 3.05) is 81.0 Å². The SMILES string of the molecule is Cc1ncsc1-c1ccc([C@H](C)NC(=O)[C@@H]2C[C@@H](O)CN2C(=O)[C@@H](c2cc(N3CCC(CN4CCC(OC5CC(N6CCC(C(C)(C)N7C8CC[C@@H]7CN(c7cc(-c9ccccc9O)nnc7N)C8)CC6)C5)CC4)CC3)no2)C(C)C)cc1. The molecule has 2 aromatic carbocycles. The van der Waals surface area contributed by atoms with Crippen LogP contribution in [-0.2, 0) is 14.3 Å². The van der Waals surface area contributed by atoms with Crippen LogP contribution in [0, 0.1) is 24.7 Å². The highest BCUT2D eigenvalue weighted by atomic mass is 32.1. The van der Waals surface area contributed by atoms with Gasteiger partial charge in [-0.1, -0.05) is 55.4 Å². The number of nitrogens with two attached hydrogens (primary N) is 1. The van der Waals surface area contributed by atoms with Gasteiger partial charge in [-0.05, 0) is 152 Å². The molecule has 2 amide bonds. The topological polar surface area (TPSA) is 206 Å². The number of anilines is 3. The average molecular weight is 1150 g/mol. The molecule has 446 valence electrons. The number of phenols is 1. The van der Waals surface area contributed by atoms with Gasteiger partial charge in [-0.25, -0.2) is 4.98 Å². The third-order valence-electron chi connectivity index (χ3n) is 20.4. The molecular formula is C64H88N12O6S. The van der Waals surface area contributed by atoms with Crippen LogP contribution in [0.25, 0.3) is 21.7 Å². The Kier molecular flexibility index (Phi) is 16.9.